The minimum absolute atomic E-state index is 0.0417. The van der Waals surface area contributed by atoms with Gasteiger partial charge in [-0.1, -0.05) is 41.9 Å². The number of benzene rings is 4. The predicted octanol–water partition coefficient (Wildman–Crippen LogP) is 8.98. The van der Waals surface area contributed by atoms with Crippen LogP contribution in [0.3, 0.4) is 0 Å². The Morgan fingerprint density at radius 2 is 1.54 bits per heavy atom. The van der Waals surface area contributed by atoms with E-state index in [1.54, 1.807) is 48.7 Å². The molecule has 0 saturated carbocycles. The number of carbonyl (C=O) groups excluding carboxylic acids is 1. The fourth-order valence-corrected chi connectivity index (χ4v) is 6.26. The quantitative estimate of drug-likeness (QED) is 0.113. The van der Waals surface area contributed by atoms with Crippen LogP contribution in [0, 0.1) is 25.5 Å². The second kappa shape index (κ2) is 17.3. The molecule has 1 saturated heterocycles. The number of hydrogen-bond acceptors (Lipinski definition) is 6. The molecule has 0 N–H and O–H groups in total. The highest BCUT2D eigenvalue weighted by Crippen LogP contribution is 2.34. The molecule has 0 unspecified atom stereocenters. The van der Waals surface area contributed by atoms with Crippen molar-refractivity contribution < 1.29 is 27.8 Å². The van der Waals surface area contributed by atoms with Crippen molar-refractivity contribution in [2.75, 3.05) is 32.8 Å². The zero-order chi connectivity index (χ0) is 36.5. The Bertz CT molecular complexity index is 1950. The van der Waals surface area contributed by atoms with Crippen molar-refractivity contribution in [3.8, 4) is 23.1 Å². The van der Waals surface area contributed by atoms with Crippen molar-refractivity contribution in [3.63, 3.8) is 0 Å². The third-order valence-electron chi connectivity index (χ3n) is 8.68. The molecule has 10 heteroatoms. The van der Waals surface area contributed by atoms with Gasteiger partial charge in [-0.25, -0.2) is 13.8 Å². The maximum absolute atomic E-state index is 13.7. The van der Waals surface area contributed by atoms with Crippen molar-refractivity contribution in [2.24, 2.45) is 0 Å². The summed E-state index contributed by atoms with van der Waals surface area (Å²) in [5.74, 6) is 1.39. The molecule has 0 aliphatic carbocycles. The van der Waals surface area contributed by atoms with Gasteiger partial charge in [-0.15, -0.1) is 0 Å². The molecular formula is C42H40ClF2N3O4. The highest BCUT2D eigenvalue weighted by Gasteiger charge is 2.20. The summed E-state index contributed by atoms with van der Waals surface area (Å²) in [6.45, 7) is 8.15. The maximum atomic E-state index is 13.7. The first-order valence-electron chi connectivity index (χ1n) is 17.2. The minimum atomic E-state index is -0.296. The van der Waals surface area contributed by atoms with Crippen LogP contribution in [-0.4, -0.2) is 53.5 Å². The standard InChI is InChI=1S/C42H40ClF2N3O4/c1-29-21-34(24-36(45)22-29)28-51-38-12-13-40(46-26-38)52-42-30(2)23-33(25-39(42)43)7-14-41(49)48-18-16-47(17-19-48)27-32-5-3-31(4-6-32)15-20-50-37-10-8-35(44)9-11-37/h3-14,21-26H,15-20,27-28H2,1-2H3/b14-7+. The first-order chi connectivity index (χ1) is 25.2. The van der Waals surface area contributed by atoms with E-state index in [0.717, 1.165) is 48.3 Å². The van der Waals surface area contributed by atoms with E-state index in [0.29, 0.717) is 47.8 Å². The molecule has 7 nitrogen and oxygen atoms in total. The molecule has 0 bridgehead atoms. The lowest BCUT2D eigenvalue weighted by Crippen LogP contribution is -2.47. The molecule has 0 radical (unpaired) electrons. The molecule has 52 heavy (non-hydrogen) atoms. The number of halogens is 3. The summed E-state index contributed by atoms with van der Waals surface area (Å²) < 4.78 is 44.2. The van der Waals surface area contributed by atoms with Crippen molar-refractivity contribution in [3.05, 3.63) is 153 Å². The number of rotatable bonds is 13. The summed E-state index contributed by atoms with van der Waals surface area (Å²) in [4.78, 5) is 21.6. The number of piperazine rings is 1. The Hall–Kier alpha value is -5.25. The predicted molar refractivity (Wildman–Crippen MR) is 199 cm³/mol. The fraction of sp³-hybridized carbons (Fsp3) is 0.238. The third-order valence-corrected chi connectivity index (χ3v) is 8.96. The number of aromatic nitrogens is 1. The van der Waals surface area contributed by atoms with Crippen LogP contribution >= 0.6 is 11.6 Å². The van der Waals surface area contributed by atoms with Gasteiger partial charge in [0.15, 0.2) is 5.75 Å². The molecule has 6 rings (SSSR count). The highest BCUT2D eigenvalue weighted by molar-refractivity contribution is 6.32. The van der Waals surface area contributed by atoms with Crippen molar-refractivity contribution in [1.29, 1.82) is 0 Å². The molecule has 2 heterocycles. The van der Waals surface area contributed by atoms with E-state index in [1.807, 2.05) is 30.9 Å². The highest BCUT2D eigenvalue weighted by atomic mass is 35.5. The zero-order valence-corrected chi connectivity index (χ0v) is 29.9. The molecule has 4 aromatic carbocycles. The molecule has 1 aliphatic heterocycles. The Balaban J connectivity index is 0.935. The normalized spacial score (nSPS) is 13.4. The Morgan fingerprint density at radius 3 is 2.23 bits per heavy atom. The van der Waals surface area contributed by atoms with Gasteiger partial charge in [0.2, 0.25) is 11.8 Å². The smallest absolute Gasteiger partial charge is 0.246 e. The number of hydrogen-bond donors (Lipinski definition) is 0. The largest absolute Gasteiger partial charge is 0.493 e. The van der Waals surface area contributed by atoms with Crippen LogP contribution in [0.15, 0.2) is 103 Å². The van der Waals surface area contributed by atoms with Gasteiger partial charge in [0, 0.05) is 51.3 Å². The second-order valence-electron chi connectivity index (χ2n) is 12.8. The van der Waals surface area contributed by atoms with E-state index in [9.17, 15) is 13.6 Å². The SMILES string of the molecule is Cc1cc(F)cc(COc2ccc(Oc3c(C)cc(/C=C/C(=O)N4CCN(Cc5ccc(CCOc6ccc(F)cc6)cc5)CC4)cc3Cl)nc2)c1. The average Bonchev–Trinajstić information content (AvgIpc) is 3.13. The van der Waals surface area contributed by atoms with E-state index in [1.165, 1.54) is 35.4 Å². The molecule has 1 amide bonds. The minimum Gasteiger partial charge on any atom is -0.493 e. The van der Waals surface area contributed by atoms with E-state index >= 15 is 0 Å². The Morgan fingerprint density at radius 1 is 0.808 bits per heavy atom. The number of amides is 1. The van der Waals surface area contributed by atoms with Crippen LogP contribution < -0.4 is 14.2 Å². The number of ether oxygens (including phenoxy) is 3. The van der Waals surface area contributed by atoms with E-state index in [2.05, 4.69) is 34.1 Å². The Kier molecular flexibility index (Phi) is 12.2. The molecular weight excluding hydrogens is 684 g/mol. The lowest BCUT2D eigenvalue weighted by molar-refractivity contribution is -0.127. The van der Waals surface area contributed by atoms with Crippen LogP contribution in [-0.2, 0) is 24.4 Å². The first kappa shape index (κ1) is 36.5. The summed E-state index contributed by atoms with van der Waals surface area (Å²) in [6.07, 6.45) is 5.67. The second-order valence-corrected chi connectivity index (χ2v) is 13.2. The molecule has 0 spiro atoms. The van der Waals surface area contributed by atoms with Crippen molar-refractivity contribution >= 4 is 23.6 Å². The van der Waals surface area contributed by atoms with Gasteiger partial charge in [0.1, 0.15) is 29.7 Å². The summed E-state index contributed by atoms with van der Waals surface area (Å²) in [5.41, 5.74) is 5.54. The molecule has 1 fully saturated rings. The van der Waals surface area contributed by atoms with E-state index in [4.69, 9.17) is 25.8 Å². The third kappa shape index (κ3) is 10.4. The molecule has 268 valence electrons. The topological polar surface area (TPSA) is 64.1 Å². The fourth-order valence-electron chi connectivity index (χ4n) is 5.95. The van der Waals surface area contributed by atoms with Crippen molar-refractivity contribution in [1.82, 2.24) is 14.8 Å². The van der Waals surface area contributed by atoms with Gasteiger partial charge in [-0.2, -0.15) is 0 Å². The molecule has 0 atom stereocenters. The summed E-state index contributed by atoms with van der Waals surface area (Å²) in [6, 6.07) is 26.4. The number of nitrogens with zero attached hydrogens (tertiary/aromatic N) is 3. The Labute approximate surface area is 308 Å². The van der Waals surface area contributed by atoms with E-state index in [-0.39, 0.29) is 24.1 Å². The summed E-state index contributed by atoms with van der Waals surface area (Å²) >= 11 is 6.60. The van der Waals surface area contributed by atoms with E-state index < -0.39 is 0 Å². The maximum Gasteiger partial charge on any atom is 0.246 e. The number of carbonyl (C=O) groups is 1. The van der Waals surface area contributed by atoms with Crippen LogP contribution in [0.25, 0.3) is 6.08 Å². The van der Waals surface area contributed by atoms with Crippen LogP contribution in [0.5, 0.6) is 23.1 Å². The van der Waals surface area contributed by atoms with Crippen molar-refractivity contribution in [2.45, 2.75) is 33.4 Å². The summed E-state index contributed by atoms with van der Waals surface area (Å²) in [5, 5.41) is 0.399. The van der Waals surface area contributed by atoms with Gasteiger partial charge < -0.3 is 19.1 Å². The zero-order valence-electron chi connectivity index (χ0n) is 29.2. The van der Waals surface area contributed by atoms with Crippen LogP contribution in [0.4, 0.5) is 8.78 Å². The van der Waals surface area contributed by atoms with Crippen LogP contribution in [0.2, 0.25) is 5.02 Å². The lowest BCUT2D eigenvalue weighted by atomic mass is 10.1. The monoisotopic (exact) mass is 723 g/mol. The number of aryl methyl sites for hydroxylation is 2. The van der Waals surface area contributed by atoms with Gasteiger partial charge in [-0.05, 0) is 108 Å². The van der Waals surface area contributed by atoms with Crippen LogP contribution in [0.1, 0.15) is 33.4 Å². The molecule has 1 aromatic heterocycles. The first-order valence-corrected chi connectivity index (χ1v) is 17.5. The summed E-state index contributed by atoms with van der Waals surface area (Å²) in [7, 11) is 0. The van der Waals surface area contributed by atoms with Gasteiger partial charge in [-0.3, -0.25) is 9.69 Å². The lowest BCUT2D eigenvalue weighted by Gasteiger charge is -2.34. The van der Waals surface area contributed by atoms with Gasteiger partial charge in [0.05, 0.1) is 17.8 Å². The number of pyridine rings is 1. The van der Waals surface area contributed by atoms with Gasteiger partial charge in [0.25, 0.3) is 0 Å². The van der Waals surface area contributed by atoms with Gasteiger partial charge >= 0.3 is 0 Å². The molecule has 5 aromatic rings. The molecule has 1 aliphatic rings. The average molecular weight is 724 g/mol.